The van der Waals surface area contributed by atoms with E-state index in [-0.39, 0.29) is 10.8 Å². The number of nitrogens with one attached hydrogen (secondary N) is 1. The summed E-state index contributed by atoms with van der Waals surface area (Å²) in [6.07, 6.45) is 2.34. The quantitative estimate of drug-likeness (QED) is 0.175. The molecule has 1 aliphatic carbocycles. The normalized spacial score (nSPS) is 16.0. The summed E-state index contributed by atoms with van der Waals surface area (Å²) in [5.41, 5.74) is 19.6. The molecule has 325 valence electrons. The summed E-state index contributed by atoms with van der Waals surface area (Å²) in [7, 11) is 2.47. The molecule has 0 unspecified atom stereocenters. The van der Waals surface area contributed by atoms with Gasteiger partial charge in [-0.05, 0) is 104 Å². The fourth-order valence-electron chi connectivity index (χ4n) is 12.5. The topological polar surface area (TPSA) is 28.4 Å². The van der Waals surface area contributed by atoms with Gasteiger partial charge < -0.3 is 14.6 Å². The smallest absolute Gasteiger partial charge is 0.197 e. The van der Waals surface area contributed by atoms with Crippen molar-refractivity contribution in [2.45, 2.75) is 56.8 Å². The Morgan fingerprint density at radius 1 is 0.529 bits per heavy atom. The van der Waals surface area contributed by atoms with Crippen LogP contribution in [0.5, 0.6) is 0 Å². The number of hydrogen-bond acceptors (Lipinski definition) is 4. The summed E-state index contributed by atoms with van der Waals surface area (Å²) >= 11 is 1.87. The first kappa shape index (κ1) is 39.8. The van der Waals surface area contributed by atoms with Crippen LogP contribution in [0.3, 0.4) is 0 Å². The summed E-state index contributed by atoms with van der Waals surface area (Å²) in [5, 5.41) is 8.94. The van der Waals surface area contributed by atoms with Crippen molar-refractivity contribution in [3.05, 3.63) is 221 Å². The summed E-state index contributed by atoms with van der Waals surface area (Å²) < 4.78 is 9.57. The van der Waals surface area contributed by atoms with Gasteiger partial charge in [0.15, 0.2) is 7.28 Å². The molecule has 0 amide bonds. The summed E-state index contributed by atoms with van der Waals surface area (Å²) in [5.74, 6) is 0. The van der Waals surface area contributed by atoms with Crippen molar-refractivity contribution in [1.82, 2.24) is 0 Å². The molecule has 3 nitrogen and oxygen atoms in total. The molecule has 9 aromatic carbocycles. The van der Waals surface area contributed by atoms with E-state index in [0.717, 1.165) is 62.2 Å². The van der Waals surface area contributed by atoms with Gasteiger partial charge in [0.25, 0.3) is 0 Å². The van der Waals surface area contributed by atoms with E-state index < -0.39 is 5.41 Å². The lowest BCUT2D eigenvalue weighted by Crippen LogP contribution is -2.47. The zero-order valence-corrected chi connectivity index (χ0v) is 39.5. The van der Waals surface area contributed by atoms with Gasteiger partial charge in [-0.2, -0.15) is 0 Å². The molecule has 14 rings (SSSR count). The molecular weight excluding hydrogens is 844 g/mol. The van der Waals surface area contributed by atoms with Crippen molar-refractivity contribution in [2.24, 2.45) is 0 Å². The third kappa shape index (κ3) is 5.48. The van der Waals surface area contributed by atoms with Crippen LogP contribution in [0.4, 0.5) is 28.4 Å². The van der Waals surface area contributed by atoms with Crippen LogP contribution in [0.25, 0.3) is 53.2 Å². The number of fused-ring (bicyclic) bond motifs is 11. The van der Waals surface area contributed by atoms with Gasteiger partial charge in [-0.25, -0.2) is 0 Å². The predicted molar refractivity (Wildman–Crippen MR) is 289 cm³/mol. The second-order valence-corrected chi connectivity index (χ2v) is 21.6. The third-order valence-electron chi connectivity index (χ3n) is 15.8. The minimum Gasteiger partial charge on any atom is -0.456 e. The van der Waals surface area contributed by atoms with Crippen LogP contribution < -0.4 is 21.1 Å². The molecule has 3 aliphatic rings. The molecule has 0 bridgehead atoms. The Morgan fingerprint density at radius 3 is 2.00 bits per heavy atom. The van der Waals surface area contributed by atoms with E-state index in [1.54, 1.807) is 0 Å². The van der Waals surface area contributed by atoms with Crippen LogP contribution in [0.2, 0.25) is 0 Å². The number of benzene rings is 9. The van der Waals surface area contributed by atoms with Gasteiger partial charge in [0.1, 0.15) is 11.2 Å². The van der Waals surface area contributed by atoms with Crippen LogP contribution in [0.15, 0.2) is 192 Å². The van der Waals surface area contributed by atoms with E-state index in [1.807, 2.05) is 11.3 Å². The van der Waals surface area contributed by atoms with Crippen LogP contribution in [-0.4, -0.2) is 7.28 Å². The van der Waals surface area contributed by atoms with Crippen LogP contribution in [0, 0.1) is 0 Å². The Balaban J connectivity index is 1.08. The maximum atomic E-state index is 7.02. The number of rotatable bonds is 5. The van der Waals surface area contributed by atoms with Crippen molar-refractivity contribution < 1.29 is 4.42 Å². The van der Waals surface area contributed by atoms with Gasteiger partial charge in [0.2, 0.25) is 0 Å². The molecule has 0 saturated heterocycles. The van der Waals surface area contributed by atoms with E-state index in [4.69, 9.17) is 4.42 Å². The number of para-hydroxylation sites is 3. The highest BCUT2D eigenvalue weighted by atomic mass is 32.1. The minimum absolute atomic E-state index is 0.0668. The summed E-state index contributed by atoms with van der Waals surface area (Å²) in [6.45, 7) is 9.65. The predicted octanol–water partition coefficient (Wildman–Crippen LogP) is 15.8. The Hall–Kier alpha value is -7.34. The third-order valence-corrected chi connectivity index (χ3v) is 17.0. The van der Waals surface area contributed by atoms with Crippen molar-refractivity contribution in [1.29, 1.82) is 0 Å². The maximum Gasteiger partial charge on any atom is 0.197 e. The lowest BCUT2D eigenvalue weighted by atomic mass is 9.54. The first-order valence-electron chi connectivity index (χ1n) is 24.0. The van der Waals surface area contributed by atoms with Gasteiger partial charge in [0, 0.05) is 59.6 Å². The van der Waals surface area contributed by atoms with Gasteiger partial charge in [-0.1, -0.05) is 179 Å². The van der Waals surface area contributed by atoms with Crippen molar-refractivity contribution in [3.63, 3.8) is 0 Å². The Labute approximate surface area is 401 Å². The fourth-order valence-corrected chi connectivity index (χ4v) is 13.6. The molecule has 0 fully saturated rings. The molecular formula is C63H48BN2OS. The molecule has 4 heterocycles. The average Bonchev–Trinajstić information content (AvgIpc) is 3.94. The Kier molecular flexibility index (Phi) is 8.39. The van der Waals surface area contributed by atoms with Crippen molar-refractivity contribution >= 4 is 100 Å². The van der Waals surface area contributed by atoms with E-state index in [2.05, 4.69) is 233 Å². The standard InChI is InChI=1S/C63H48BN2OS/c1-61(2)34-35-62(3,4)47-36-40(30-32-44(47)61)65-59-43(31-33-54-56(59)42-23-12-16-29-53(42)68-54)57-55-41-22-11-15-28-51(41)67-52(55)37-50-58(57)64-48-26-17-25-46-60(48)66(50)49-27-14-13-24-45(49)63(46,38-18-7-5-8-19-38)39-20-9-6-10-21-39/h5-33,36-37,65H,34-35H2,1-4H3. The highest BCUT2D eigenvalue weighted by Crippen LogP contribution is 2.59. The first-order valence-corrected chi connectivity index (χ1v) is 24.9. The van der Waals surface area contributed by atoms with E-state index in [0.29, 0.717) is 0 Å². The number of thiophene rings is 1. The van der Waals surface area contributed by atoms with E-state index in [1.165, 1.54) is 76.6 Å². The number of hydrogen-bond donors (Lipinski definition) is 1. The first-order chi connectivity index (χ1) is 33.2. The number of nitrogens with zero attached hydrogens (tertiary/aromatic N) is 1. The fraction of sp³-hybridized carbons (Fsp3) is 0.143. The second-order valence-electron chi connectivity index (χ2n) is 20.5. The number of anilines is 5. The molecule has 2 aliphatic heterocycles. The van der Waals surface area contributed by atoms with Gasteiger partial charge in [-0.3, -0.25) is 0 Å². The number of furan rings is 1. The molecule has 5 heteroatoms. The minimum atomic E-state index is -0.570. The monoisotopic (exact) mass is 891 g/mol. The lowest BCUT2D eigenvalue weighted by Gasteiger charge is -2.49. The highest BCUT2D eigenvalue weighted by Gasteiger charge is 2.49. The second kappa shape index (κ2) is 14.3. The maximum absolute atomic E-state index is 7.02. The molecule has 11 aromatic rings. The van der Waals surface area contributed by atoms with Gasteiger partial charge >= 0.3 is 0 Å². The van der Waals surface area contributed by atoms with Crippen LogP contribution in [0.1, 0.15) is 73.9 Å². The summed E-state index contributed by atoms with van der Waals surface area (Å²) in [4.78, 5) is 2.55. The molecule has 0 atom stereocenters. The highest BCUT2D eigenvalue weighted by molar-refractivity contribution is 7.26. The van der Waals surface area contributed by atoms with Crippen LogP contribution >= 0.6 is 11.3 Å². The van der Waals surface area contributed by atoms with Gasteiger partial charge in [0.05, 0.1) is 16.8 Å². The van der Waals surface area contributed by atoms with Gasteiger partial charge in [-0.15, -0.1) is 11.3 Å². The zero-order chi connectivity index (χ0) is 45.5. The SMILES string of the molecule is CC1(C)CCC(C)(C)c2cc(Nc3c(-c4c5c(cc6oc7ccccc7c46)N4c6ccccc6C(c6ccccc6)(c6ccccc6)c6cccc(c64)[B]5)ccc4sc5ccccc5c34)ccc21. The van der Waals surface area contributed by atoms with E-state index in [9.17, 15) is 0 Å². The molecule has 68 heavy (non-hydrogen) atoms. The lowest BCUT2D eigenvalue weighted by molar-refractivity contribution is 0.332. The Morgan fingerprint density at radius 2 is 1.21 bits per heavy atom. The largest absolute Gasteiger partial charge is 0.456 e. The molecule has 1 N–H and O–H groups in total. The molecule has 2 aromatic heterocycles. The van der Waals surface area contributed by atoms with Crippen molar-refractivity contribution in [2.75, 3.05) is 10.2 Å². The summed E-state index contributed by atoms with van der Waals surface area (Å²) in [6, 6.07) is 69.9. The van der Waals surface area contributed by atoms with E-state index >= 15 is 0 Å². The van der Waals surface area contributed by atoms with Crippen molar-refractivity contribution in [3.8, 4) is 11.1 Å². The molecule has 1 radical (unpaired) electrons. The Bertz CT molecular complexity index is 3840. The molecule has 0 spiro atoms. The van der Waals surface area contributed by atoms with Crippen LogP contribution in [-0.2, 0) is 16.2 Å². The average molecular weight is 892 g/mol. The molecule has 0 saturated carbocycles. The zero-order valence-electron chi connectivity index (χ0n) is 38.7.